The van der Waals surface area contributed by atoms with E-state index in [1.807, 2.05) is 0 Å². The molecule has 102 valence electrons. The molecule has 1 fully saturated rings. The first kappa shape index (κ1) is 15.0. The third-order valence-corrected chi connectivity index (χ3v) is 4.54. The van der Waals surface area contributed by atoms with Crippen LogP contribution in [0.2, 0.25) is 0 Å². The van der Waals surface area contributed by atoms with E-state index in [0.29, 0.717) is 11.6 Å². The van der Waals surface area contributed by atoms with Crippen molar-refractivity contribution in [2.75, 3.05) is 7.05 Å². The largest absolute Gasteiger partial charge is 0.307 e. The van der Waals surface area contributed by atoms with Crippen molar-refractivity contribution in [1.82, 2.24) is 10.2 Å². The van der Waals surface area contributed by atoms with Crippen LogP contribution in [-0.4, -0.2) is 34.6 Å². The van der Waals surface area contributed by atoms with Crippen molar-refractivity contribution in [3.05, 3.63) is 0 Å². The molecule has 0 aromatic rings. The predicted octanol–water partition coefficient (Wildman–Crippen LogP) is 3.42. The molecule has 0 aromatic carbocycles. The maximum Gasteiger partial charge on any atom is 0.0150 e. The van der Waals surface area contributed by atoms with Gasteiger partial charge in [-0.3, -0.25) is 4.90 Å². The molecule has 2 heteroatoms. The second-order valence-electron chi connectivity index (χ2n) is 7.73. The first-order valence-electron chi connectivity index (χ1n) is 7.01. The molecule has 0 radical (unpaired) electrons. The molecule has 1 N–H and O–H groups in total. The van der Waals surface area contributed by atoms with Crippen molar-refractivity contribution < 1.29 is 0 Å². The number of hydrogen-bond acceptors (Lipinski definition) is 2. The predicted molar refractivity (Wildman–Crippen MR) is 76.4 cm³/mol. The van der Waals surface area contributed by atoms with Gasteiger partial charge in [0.15, 0.2) is 0 Å². The summed E-state index contributed by atoms with van der Waals surface area (Å²) in [4.78, 5) is 2.59. The summed E-state index contributed by atoms with van der Waals surface area (Å²) in [6, 6.07) is 0.677. The molecule has 0 unspecified atom stereocenters. The van der Waals surface area contributed by atoms with Gasteiger partial charge >= 0.3 is 0 Å². The summed E-state index contributed by atoms with van der Waals surface area (Å²) in [5, 5.41) is 3.76. The lowest BCUT2D eigenvalue weighted by molar-refractivity contribution is 0.0231. The minimum absolute atomic E-state index is 0.241. The fraction of sp³-hybridized carbons (Fsp3) is 1.00. The summed E-state index contributed by atoms with van der Waals surface area (Å²) < 4.78 is 0. The van der Waals surface area contributed by atoms with Gasteiger partial charge in [0, 0.05) is 22.7 Å². The second kappa shape index (κ2) is 4.55. The molecule has 0 bridgehead atoms. The monoisotopic (exact) mass is 240 g/mol. The van der Waals surface area contributed by atoms with Crippen LogP contribution in [0, 0.1) is 0 Å². The maximum atomic E-state index is 3.76. The molecular weight excluding hydrogens is 208 g/mol. The van der Waals surface area contributed by atoms with Gasteiger partial charge in [-0.25, -0.2) is 0 Å². The molecule has 1 saturated heterocycles. The van der Waals surface area contributed by atoms with Crippen molar-refractivity contribution in [1.29, 1.82) is 0 Å². The first-order valence-corrected chi connectivity index (χ1v) is 7.01. The highest BCUT2D eigenvalue weighted by Gasteiger charge is 2.41. The summed E-state index contributed by atoms with van der Waals surface area (Å²) >= 11 is 0. The zero-order chi connectivity index (χ0) is 13.5. The Labute approximate surface area is 108 Å². The van der Waals surface area contributed by atoms with Gasteiger partial charge < -0.3 is 5.32 Å². The molecule has 17 heavy (non-hydrogen) atoms. The number of nitrogens with one attached hydrogen (secondary N) is 1. The molecule has 0 atom stereocenters. The summed E-state index contributed by atoms with van der Waals surface area (Å²) in [5.41, 5.74) is 0.781. The van der Waals surface area contributed by atoms with Crippen molar-refractivity contribution >= 4 is 0 Å². The van der Waals surface area contributed by atoms with Crippen LogP contribution in [-0.2, 0) is 0 Å². The molecule has 0 amide bonds. The van der Waals surface area contributed by atoms with Crippen LogP contribution in [0.15, 0.2) is 0 Å². The highest BCUT2D eigenvalue weighted by molar-refractivity contribution is 5.01. The average Bonchev–Trinajstić information content (AvgIpc) is 2.11. The SMILES string of the molecule is CCC(C)(C)N(C)C1CC(C)(C)NC(C)(C)C1. The molecule has 0 aliphatic carbocycles. The lowest BCUT2D eigenvalue weighted by Crippen LogP contribution is -2.63. The molecule has 0 saturated carbocycles. The fourth-order valence-electron chi connectivity index (χ4n) is 3.29. The van der Waals surface area contributed by atoms with Gasteiger partial charge in [-0.15, -0.1) is 0 Å². The molecular formula is C15H32N2. The van der Waals surface area contributed by atoms with Gasteiger partial charge in [-0.1, -0.05) is 6.92 Å². The van der Waals surface area contributed by atoms with Crippen molar-refractivity contribution in [3.63, 3.8) is 0 Å². The molecule has 0 spiro atoms. The summed E-state index contributed by atoms with van der Waals surface area (Å²) in [6.45, 7) is 16.3. The van der Waals surface area contributed by atoms with Crippen LogP contribution in [0.5, 0.6) is 0 Å². The minimum atomic E-state index is 0.241. The van der Waals surface area contributed by atoms with E-state index >= 15 is 0 Å². The van der Waals surface area contributed by atoms with Crippen molar-refractivity contribution in [3.8, 4) is 0 Å². The van der Waals surface area contributed by atoms with Gasteiger partial charge in [-0.05, 0) is 67.9 Å². The van der Waals surface area contributed by atoms with Crippen LogP contribution < -0.4 is 5.32 Å². The smallest absolute Gasteiger partial charge is 0.0150 e. The lowest BCUT2D eigenvalue weighted by Gasteiger charge is -2.52. The third kappa shape index (κ3) is 3.69. The van der Waals surface area contributed by atoms with Crippen LogP contribution in [0.3, 0.4) is 0 Å². The summed E-state index contributed by atoms with van der Waals surface area (Å²) in [7, 11) is 2.30. The Morgan fingerprint density at radius 3 is 1.88 bits per heavy atom. The van der Waals surface area contributed by atoms with E-state index in [2.05, 4.69) is 65.7 Å². The van der Waals surface area contributed by atoms with E-state index in [1.165, 1.54) is 19.3 Å². The molecule has 1 rings (SSSR count). The van der Waals surface area contributed by atoms with E-state index in [0.717, 1.165) is 0 Å². The molecule has 2 nitrogen and oxygen atoms in total. The van der Waals surface area contributed by atoms with Crippen LogP contribution in [0.1, 0.15) is 67.7 Å². The van der Waals surface area contributed by atoms with E-state index in [4.69, 9.17) is 0 Å². The second-order valence-corrected chi connectivity index (χ2v) is 7.73. The Morgan fingerprint density at radius 1 is 1.12 bits per heavy atom. The van der Waals surface area contributed by atoms with Crippen LogP contribution >= 0.6 is 0 Å². The van der Waals surface area contributed by atoms with Crippen LogP contribution in [0.25, 0.3) is 0 Å². The van der Waals surface area contributed by atoms with Crippen molar-refractivity contribution in [2.24, 2.45) is 0 Å². The fourth-order valence-corrected chi connectivity index (χ4v) is 3.29. The zero-order valence-corrected chi connectivity index (χ0v) is 13.1. The lowest BCUT2D eigenvalue weighted by atomic mass is 9.78. The van der Waals surface area contributed by atoms with Gasteiger partial charge in [0.05, 0.1) is 0 Å². The molecule has 1 heterocycles. The summed E-state index contributed by atoms with van der Waals surface area (Å²) in [6.07, 6.45) is 3.67. The normalized spacial score (nSPS) is 25.2. The Kier molecular flexibility index (Phi) is 4.01. The standard InChI is InChI=1S/C15H32N2/c1-9-15(6,7)17(8)12-10-13(2,3)16-14(4,5)11-12/h12,16H,9-11H2,1-8H3. The Morgan fingerprint density at radius 2 is 1.53 bits per heavy atom. The van der Waals surface area contributed by atoms with E-state index < -0.39 is 0 Å². The quantitative estimate of drug-likeness (QED) is 0.813. The molecule has 1 aliphatic rings. The Hall–Kier alpha value is -0.0800. The minimum Gasteiger partial charge on any atom is -0.307 e. The maximum absolute atomic E-state index is 3.76. The topological polar surface area (TPSA) is 15.3 Å². The molecule has 1 aliphatic heterocycles. The summed E-state index contributed by atoms with van der Waals surface area (Å²) in [5.74, 6) is 0. The average molecular weight is 240 g/mol. The Bertz CT molecular complexity index is 250. The van der Waals surface area contributed by atoms with E-state index in [1.54, 1.807) is 0 Å². The highest BCUT2D eigenvalue weighted by Crippen LogP contribution is 2.34. The van der Waals surface area contributed by atoms with E-state index in [9.17, 15) is 0 Å². The van der Waals surface area contributed by atoms with Gasteiger partial charge in [0.2, 0.25) is 0 Å². The Balaban J connectivity index is 2.84. The number of nitrogens with zero attached hydrogens (tertiary/aromatic N) is 1. The molecule has 0 aromatic heterocycles. The van der Waals surface area contributed by atoms with Gasteiger partial charge in [0.25, 0.3) is 0 Å². The van der Waals surface area contributed by atoms with Gasteiger partial charge in [0.1, 0.15) is 0 Å². The van der Waals surface area contributed by atoms with Gasteiger partial charge in [-0.2, -0.15) is 0 Å². The van der Waals surface area contributed by atoms with E-state index in [-0.39, 0.29) is 11.1 Å². The number of rotatable bonds is 3. The third-order valence-electron chi connectivity index (χ3n) is 4.54. The number of piperidine rings is 1. The zero-order valence-electron chi connectivity index (χ0n) is 13.1. The first-order chi connectivity index (χ1) is 7.49. The van der Waals surface area contributed by atoms with Crippen LogP contribution in [0.4, 0.5) is 0 Å². The highest BCUT2D eigenvalue weighted by atomic mass is 15.2. The number of hydrogen-bond donors (Lipinski definition) is 1. The van der Waals surface area contributed by atoms with Crippen molar-refractivity contribution in [2.45, 2.75) is 90.4 Å².